The lowest BCUT2D eigenvalue weighted by molar-refractivity contribution is -0.929. The van der Waals surface area contributed by atoms with E-state index >= 15 is 0 Å². The van der Waals surface area contributed by atoms with Crippen molar-refractivity contribution in [2.75, 3.05) is 27.2 Å². The summed E-state index contributed by atoms with van der Waals surface area (Å²) < 4.78 is 45.7. The molecule has 0 unspecified atom stereocenters. The fourth-order valence-corrected chi connectivity index (χ4v) is 7.14. The average Bonchev–Trinajstić information content (AvgIpc) is 3.72. The van der Waals surface area contributed by atoms with Crippen LogP contribution in [0, 0.1) is 6.57 Å². The van der Waals surface area contributed by atoms with Gasteiger partial charge in [-0.3, -0.25) is 19.1 Å². The smallest absolute Gasteiger partial charge is 0.340 e. The topological polar surface area (TPSA) is 98.5 Å². The maximum Gasteiger partial charge on any atom is 0.416 e. The largest absolute Gasteiger partial charge is 0.416 e. The number of alkyl halides is 3. The Labute approximate surface area is 304 Å². The molecule has 6 rings (SSSR count). The van der Waals surface area contributed by atoms with E-state index in [1.807, 2.05) is 18.2 Å². The zero-order valence-electron chi connectivity index (χ0n) is 29.8. The van der Waals surface area contributed by atoms with E-state index in [4.69, 9.17) is 6.57 Å². The third kappa shape index (κ3) is 7.52. The minimum absolute atomic E-state index is 0.0653. The fraction of sp³-hybridized carbons (Fsp3) is 0.308. The third-order valence-electron chi connectivity index (χ3n) is 9.94. The van der Waals surface area contributed by atoms with E-state index in [1.54, 1.807) is 42.2 Å². The van der Waals surface area contributed by atoms with Crippen molar-refractivity contribution in [2.45, 2.75) is 44.6 Å². The molecule has 0 aliphatic carbocycles. The number of nitrogens with one attached hydrogen (secondary N) is 1. The number of hydrogen-bond acceptors (Lipinski definition) is 4. The molecule has 0 saturated carbocycles. The number of halogens is 3. The third-order valence-corrected chi connectivity index (χ3v) is 9.94. The van der Waals surface area contributed by atoms with Crippen LogP contribution in [0.1, 0.15) is 41.3 Å². The van der Waals surface area contributed by atoms with Crippen molar-refractivity contribution in [3.63, 3.8) is 0 Å². The molecular formula is C39H40F3N8O3+. The Morgan fingerprint density at radius 1 is 0.981 bits per heavy atom. The Hall–Kier alpha value is -5.94. The molecule has 1 fully saturated rings. The molecule has 3 heterocycles. The molecule has 1 aliphatic heterocycles. The summed E-state index contributed by atoms with van der Waals surface area (Å²) in [6.07, 6.45) is -1.67. The standard InChI is InChI=1S/C39H39F3N8O3/c1-26(37(52)47-22-19-32(20-23-47)50(4,5)25-27-10-7-6-8-11-27)45-36(51)34-35(33-18-21-44-48(33)30-16-14-29(43-2)15-17-30)46(3)49(38(34)53)31-13-9-12-28(24-31)39(40,41)42/h6-18,21,24,26,32H,19-20,22-23,25H2,1,3-5H3/p+1/t26-/m0/s1. The van der Waals surface area contributed by atoms with Crippen LogP contribution in [0.4, 0.5) is 18.9 Å². The first kappa shape index (κ1) is 36.8. The first-order valence-corrected chi connectivity index (χ1v) is 17.2. The van der Waals surface area contributed by atoms with E-state index in [0.29, 0.717) is 30.5 Å². The summed E-state index contributed by atoms with van der Waals surface area (Å²) in [6.45, 7) is 10.7. The van der Waals surface area contributed by atoms with Gasteiger partial charge in [-0.15, -0.1) is 0 Å². The summed E-state index contributed by atoms with van der Waals surface area (Å²) in [5.41, 5.74) is 0.164. The lowest BCUT2D eigenvalue weighted by Gasteiger charge is -2.43. The van der Waals surface area contributed by atoms with E-state index in [2.05, 4.69) is 41.5 Å². The highest BCUT2D eigenvalue weighted by molar-refractivity contribution is 6.02. The highest BCUT2D eigenvalue weighted by Gasteiger charge is 2.36. The van der Waals surface area contributed by atoms with Crippen molar-refractivity contribution < 1.29 is 27.2 Å². The predicted molar refractivity (Wildman–Crippen MR) is 194 cm³/mol. The van der Waals surface area contributed by atoms with Crippen molar-refractivity contribution in [2.24, 2.45) is 7.05 Å². The number of likely N-dealkylation sites (tertiary alicyclic amines) is 1. The van der Waals surface area contributed by atoms with E-state index in [-0.39, 0.29) is 28.5 Å². The molecule has 53 heavy (non-hydrogen) atoms. The summed E-state index contributed by atoms with van der Waals surface area (Å²) >= 11 is 0. The van der Waals surface area contributed by atoms with Gasteiger partial charge in [-0.05, 0) is 43.3 Å². The first-order chi connectivity index (χ1) is 25.2. The molecule has 274 valence electrons. The second-order valence-corrected chi connectivity index (χ2v) is 13.8. The van der Waals surface area contributed by atoms with Crippen molar-refractivity contribution in [3.05, 3.63) is 130 Å². The van der Waals surface area contributed by atoms with Crippen LogP contribution in [0.3, 0.4) is 0 Å². The monoisotopic (exact) mass is 725 g/mol. The maximum absolute atomic E-state index is 14.2. The van der Waals surface area contributed by atoms with Gasteiger partial charge in [0.15, 0.2) is 5.69 Å². The lowest BCUT2D eigenvalue weighted by atomic mass is 9.99. The van der Waals surface area contributed by atoms with Gasteiger partial charge in [0.05, 0.1) is 55.5 Å². The normalized spacial score (nSPS) is 14.5. The number of rotatable bonds is 9. The van der Waals surface area contributed by atoms with Crippen molar-refractivity contribution in [1.29, 1.82) is 0 Å². The molecule has 3 aromatic carbocycles. The number of aromatic nitrogens is 4. The Morgan fingerprint density at radius 3 is 2.30 bits per heavy atom. The molecule has 1 N–H and O–H groups in total. The second kappa shape index (κ2) is 14.6. The maximum atomic E-state index is 14.2. The highest BCUT2D eigenvalue weighted by Crippen LogP contribution is 2.32. The Balaban J connectivity index is 1.29. The van der Waals surface area contributed by atoms with Crippen LogP contribution < -0.4 is 10.9 Å². The summed E-state index contributed by atoms with van der Waals surface area (Å²) in [6, 6.07) is 21.9. The van der Waals surface area contributed by atoms with Gasteiger partial charge in [0.1, 0.15) is 23.8 Å². The van der Waals surface area contributed by atoms with Crippen LogP contribution >= 0.6 is 0 Å². The average molecular weight is 726 g/mol. The van der Waals surface area contributed by atoms with Crippen molar-refractivity contribution in [1.82, 2.24) is 29.4 Å². The van der Waals surface area contributed by atoms with Crippen LogP contribution in [-0.2, 0) is 24.6 Å². The van der Waals surface area contributed by atoms with Crippen LogP contribution in [0.2, 0.25) is 0 Å². The van der Waals surface area contributed by atoms with Crippen LogP contribution in [0.25, 0.3) is 27.6 Å². The van der Waals surface area contributed by atoms with Gasteiger partial charge in [0, 0.05) is 38.5 Å². The van der Waals surface area contributed by atoms with Crippen LogP contribution in [0.5, 0.6) is 0 Å². The number of benzene rings is 3. The molecule has 1 aliphatic rings. The Bertz CT molecular complexity index is 2220. The van der Waals surface area contributed by atoms with Gasteiger partial charge in [-0.1, -0.05) is 48.5 Å². The first-order valence-electron chi connectivity index (χ1n) is 17.2. The van der Waals surface area contributed by atoms with Gasteiger partial charge < -0.3 is 14.7 Å². The zero-order valence-corrected chi connectivity index (χ0v) is 29.8. The Morgan fingerprint density at radius 2 is 1.66 bits per heavy atom. The molecular weight excluding hydrogens is 685 g/mol. The number of piperidine rings is 1. The quantitative estimate of drug-likeness (QED) is 0.149. The molecule has 11 nitrogen and oxygen atoms in total. The van der Waals surface area contributed by atoms with E-state index in [0.717, 1.165) is 40.7 Å². The minimum Gasteiger partial charge on any atom is -0.340 e. The van der Waals surface area contributed by atoms with Crippen LogP contribution in [-0.4, -0.2) is 79.6 Å². The summed E-state index contributed by atoms with van der Waals surface area (Å²) in [5.74, 6) is -1.16. The van der Waals surface area contributed by atoms with Crippen LogP contribution in [0.15, 0.2) is 95.9 Å². The van der Waals surface area contributed by atoms with E-state index in [9.17, 15) is 27.6 Å². The van der Waals surface area contributed by atoms with Gasteiger partial charge in [-0.2, -0.15) is 18.3 Å². The number of hydrogen-bond donors (Lipinski definition) is 1. The van der Waals surface area contributed by atoms with Crippen molar-refractivity contribution in [3.8, 4) is 22.8 Å². The molecule has 0 spiro atoms. The number of carbonyl (C=O) groups excluding carboxylic acids is 2. The number of nitrogens with zero attached hydrogens (tertiary/aromatic N) is 7. The number of quaternary nitrogens is 1. The molecule has 1 saturated heterocycles. The van der Waals surface area contributed by atoms with Gasteiger partial charge in [0.2, 0.25) is 5.91 Å². The highest BCUT2D eigenvalue weighted by atomic mass is 19.4. The van der Waals surface area contributed by atoms with E-state index < -0.39 is 29.2 Å². The second-order valence-electron chi connectivity index (χ2n) is 13.8. The van der Waals surface area contributed by atoms with Gasteiger partial charge >= 0.3 is 6.18 Å². The molecule has 0 bridgehead atoms. The fourth-order valence-electron chi connectivity index (χ4n) is 7.14. The summed E-state index contributed by atoms with van der Waals surface area (Å²) in [5, 5.41) is 7.10. The molecule has 14 heteroatoms. The predicted octanol–water partition coefficient (Wildman–Crippen LogP) is 5.98. The van der Waals surface area contributed by atoms with Gasteiger partial charge in [-0.25, -0.2) is 14.2 Å². The molecule has 2 aromatic heterocycles. The molecule has 2 amide bonds. The minimum atomic E-state index is -4.68. The SMILES string of the molecule is [C-]#[N+]c1ccc(-n2nccc2-c2c(C(=O)N[C@@H](C)C(=O)N3CCC([N+](C)(C)Cc4ccccc4)CC3)c(=O)n(-c3cccc(C(F)(F)F)c3)n2C)cc1. The number of carbonyl (C=O) groups is 2. The Kier molecular flexibility index (Phi) is 10.1. The zero-order chi connectivity index (χ0) is 38.1. The molecule has 1 atom stereocenters. The van der Waals surface area contributed by atoms with Crippen molar-refractivity contribution >= 4 is 17.5 Å². The lowest BCUT2D eigenvalue weighted by Crippen LogP contribution is -2.56. The summed E-state index contributed by atoms with van der Waals surface area (Å²) in [4.78, 5) is 47.2. The van der Waals surface area contributed by atoms with E-state index in [1.165, 1.54) is 40.3 Å². The number of amides is 2. The van der Waals surface area contributed by atoms with Gasteiger partial charge in [0.25, 0.3) is 11.5 Å². The molecule has 5 aromatic rings. The molecule has 0 radical (unpaired) electrons. The summed E-state index contributed by atoms with van der Waals surface area (Å²) in [7, 11) is 5.84.